The Morgan fingerprint density at radius 3 is 2.73 bits per heavy atom. The van der Waals surface area contributed by atoms with Crippen LogP contribution < -0.4 is 9.62 Å². The summed E-state index contributed by atoms with van der Waals surface area (Å²) in [5.41, 5.74) is 1.94. The molecule has 0 spiro atoms. The summed E-state index contributed by atoms with van der Waals surface area (Å²) < 4.78 is 32.2. The second-order valence-electron chi connectivity index (χ2n) is 7.54. The fourth-order valence-corrected chi connectivity index (χ4v) is 4.79. The zero-order valence-corrected chi connectivity index (χ0v) is 17.7. The SMILES string of the molecule is COS(=O)(=O)N[C@H]1C[C@@H](n2ccc3c(N(C)Cc4ccccc4)ncnc32)C[C@@H]1O. The number of fused-ring (bicyclic) bond motifs is 1. The van der Waals surface area contributed by atoms with Crippen LogP contribution >= 0.6 is 0 Å². The molecule has 3 atom stereocenters. The lowest BCUT2D eigenvalue weighted by atomic mass is 10.2. The summed E-state index contributed by atoms with van der Waals surface area (Å²) in [7, 11) is -0.794. The molecule has 1 saturated carbocycles. The van der Waals surface area contributed by atoms with Crippen LogP contribution in [0.5, 0.6) is 0 Å². The summed E-state index contributed by atoms with van der Waals surface area (Å²) in [6.07, 6.45) is 3.50. The lowest BCUT2D eigenvalue weighted by Crippen LogP contribution is -2.40. The fourth-order valence-electron chi connectivity index (χ4n) is 4.07. The number of benzene rings is 1. The fraction of sp³-hybridized carbons (Fsp3) is 0.400. The number of aliphatic hydroxyl groups is 1. The van der Waals surface area contributed by atoms with E-state index in [0.717, 1.165) is 24.0 Å². The highest BCUT2D eigenvalue weighted by Crippen LogP contribution is 2.35. The molecule has 160 valence electrons. The number of nitrogens with one attached hydrogen (secondary N) is 1. The standard InChI is InChI=1S/C20H25N5O4S/c1-24(12-14-6-4-3-5-7-14)19-16-8-9-25(20(16)22-13-21-19)15-10-17(18(26)11-15)23-30(27,28)29-2/h3-9,13,15,17-18,23,26H,10-12H2,1-2H3/t15-,17+,18+/m1/s1. The van der Waals surface area contributed by atoms with E-state index in [1.807, 2.05) is 42.1 Å². The summed E-state index contributed by atoms with van der Waals surface area (Å²) in [4.78, 5) is 11.0. The Bertz CT molecular complexity index is 1120. The van der Waals surface area contributed by atoms with E-state index in [4.69, 9.17) is 0 Å². The summed E-state index contributed by atoms with van der Waals surface area (Å²) in [5.74, 6) is 0.817. The van der Waals surface area contributed by atoms with Gasteiger partial charge < -0.3 is 14.6 Å². The van der Waals surface area contributed by atoms with Gasteiger partial charge in [-0.05, 0) is 24.5 Å². The van der Waals surface area contributed by atoms with E-state index >= 15 is 0 Å². The molecule has 4 rings (SSSR count). The minimum atomic E-state index is -3.87. The van der Waals surface area contributed by atoms with Crippen LogP contribution in [0.15, 0.2) is 48.9 Å². The van der Waals surface area contributed by atoms with Crippen molar-refractivity contribution in [2.24, 2.45) is 0 Å². The summed E-state index contributed by atoms with van der Waals surface area (Å²) in [6, 6.07) is 11.4. The van der Waals surface area contributed by atoms with Crippen molar-refractivity contribution in [3.05, 3.63) is 54.5 Å². The van der Waals surface area contributed by atoms with Gasteiger partial charge in [0.05, 0.1) is 24.6 Å². The lowest BCUT2D eigenvalue weighted by molar-refractivity contribution is 0.154. The average Bonchev–Trinajstić information content (AvgIpc) is 3.31. The van der Waals surface area contributed by atoms with Crippen LogP contribution in [0, 0.1) is 0 Å². The molecular formula is C20H25N5O4S. The van der Waals surface area contributed by atoms with Gasteiger partial charge in [-0.3, -0.25) is 4.18 Å². The second kappa shape index (κ2) is 8.31. The largest absolute Gasteiger partial charge is 0.391 e. The van der Waals surface area contributed by atoms with Crippen molar-refractivity contribution in [3.8, 4) is 0 Å². The van der Waals surface area contributed by atoms with Gasteiger partial charge in [-0.1, -0.05) is 30.3 Å². The first-order valence-corrected chi connectivity index (χ1v) is 11.1. The summed E-state index contributed by atoms with van der Waals surface area (Å²) in [6.45, 7) is 0.709. The van der Waals surface area contributed by atoms with E-state index in [0.29, 0.717) is 19.4 Å². The van der Waals surface area contributed by atoms with E-state index in [9.17, 15) is 13.5 Å². The first kappa shape index (κ1) is 20.7. The molecule has 1 aromatic carbocycles. The van der Waals surface area contributed by atoms with Crippen molar-refractivity contribution in [3.63, 3.8) is 0 Å². The number of hydrogen-bond acceptors (Lipinski definition) is 7. The van der Waals surface area contributed by atoms with E-state index < -0.39 is 22.4 Å². The quantitative estimate of drug-likeness (QED) is 0.585. The normalized spacial score (nSPS) is 21.9. The van der Waals surface area contributed by atoms with Gasteiger partial charge in [-0.2, -0.15) is 13.1 Å². The topological polar surface area (TPSA) is 110 Å². The van der Waals surface area contributed by atoms with Crippen LogP contribution in [0.3, 0.4) is 0 Å². The average molecular weight is 432 g/mol. The Morgan fingerprint density at radius 2 is 2.00 bits per heavy atom. The van der Waals surface area contributed by atoms with Crippen LogP contribution in [-0.4, -0.2) is 54.4 Å². The summed E-state index contributed by atoms with van der Waals surface area (Å²) >= 11 is 0. The molecule has 0 radical (unpaired) electrons. The molecule has 30 heavy (non-hydrogen) atoms. The number of hydrogen-bond donors (Lipinski definition) is 2. The number of anilines is 1. The first-order valence-electron chi connectivity index (χ1n) is 9.70. The molecule has 2 aromatic heterocycles. The highest BCUT2D eigenvalue weighted by molar-refractivity contribution is 7.84. The molecule has 1 aliphatic carbocycles. The van der Waals surface area contributed by atoms with Crippen LogP contribution in [0.25, 0.3) is 11.0 Å². The lowest BCUT2D eigenvalue weighted by Gasteiger charge is -2.19. The second-order valence-corrected chi connectivity index (χ2v) is 9.01. The molecule has 10 heteroatoms. The van der Waals surface area contributed by atoms with Gasteiger partial charge in [-0.15, -0.1) is 0 Å². The first-order chi connectivity index (χ1) is 14.4. The minimum absolute atomic E-state index is 0.0933. The molecule has 2 heterocycles. The zero-order chi connectivity index (χ0) is 21.3. The van der Waals surface area contributed by atoms with Crippen LogP contribution in [0.4, 0.5) is 5.82 Å². The van der Waals surface area contributed by atoms with Crippen LogP contribution in [0.2, 0.25) is 0 Å². The van der Waals surface area contributed by atoms with Crippen molar-refractivity contribution in [2.45, 2.75) is 37.6 Å². The smallest absolute Gasteiger partial charge is 0.335 e. The van der Waals surface area contributed by atoms with Gasteiger partial charge in [0.25, 0.3) is 0 Å². The molecule has 0 saturated heterocycles. The number of nitrogens with zero attached hydrogens (tertiary/aromatic N) is 4. The van der Waals surface area contributed by atoms with Crippen molar-refractivity contribution in [2.75, 3.05) is 19.1 Å². The third kappa shape index (κ3) is 4.17. The molecule has 0 bridgehead atoms. The molecule has 9 nitrogen and oxygen atoms in total. The third-order valence-electron chi connectivity index (χ3n) is 5.52. The molecule has 0 aliphatic heterocycles. The van der Waals surface area contributed by atoms with Gasteiger partial charge in [-0.25, -0.2) is 9.97 Å². The van der Waals surface area contributed by atoms with E-state index in [2.05, 4.69) is 35.9 Å². The molecule has 0 unspecified atom stereocenters. The van der Waals surface area contributed by atoms with E-state index in [1.54, 1.807) is 0 Å². The molecular weight excluding hydrogens is 406 g/mol. The van der Waals surface area contributed by atoms with Gasteiger partial charge in [0.15, 0.2) is 0 Å². The highest BCUT2D eigenvalue weighted by atomic mass is 32.2. The minimum Gasteiger partial charge on any atom is -0.391 e. The molecule has 0 amide bonds. The molecule has 3 aromatic rings. The number of rotatable bonds is 7. The van der Waals surface area contributed by atoms with Crippen LogP contribution in [0.1, 0.15) is 24.4 Å². The Kier molecular flexibility index (Phi) is 5.74. The Morgan fingerprint density at radius 1 is 1.23 bits per heavy atom. The Labute approximate surface area is 175 Å². The van der Waals surface area contributed by atoms with Crippen molar-refractivity contribution >= 4 is 27.2 Å². The predicted molar refractivity (Wildman–Crippen MR) is 113 cm³/mol. The van der Waals surface area contributed by atoms with Gasteiger partial charge >= 0.3 is 10.3 Å². The van der Waals surface area contributed by atoms with Gasteiger partial charge in [0.2, 0.25) is 0 Å². The molecule has 1 aliphatic rings. The number of aliphatic hydroxyl groups excluding tert-OH is 1. The molecule has 1 fully saturated rings. The maximum absolute atomic E-state index is 11.7. The van der Waals surface area contributed by atoms with Crippen molar-refractivity contribution in [1.82, 2.24) is 19.3 Å². The maximum atomic E-state index is 11.7. The van der Waals surface area contributed by atoms with E-state index in [1.165, 1.54) is 11.9 Å². The Hall–Kier alpha value is -2.53. The monoisotopic (exact) mass is 431 g/mol. The number of aromatic nitrogens is 3. The molecule has 2 N–H and O–H groups in total. The summed E-state index contributed by atoms with van der Waals surface area (Å²) in [5, 5.41) is 11.3. The van der Waals surface area contributed by atoms with Crippen molar-refractivity contribution in [1.29, 1.82) is 0 Å². The Balaban J connectivity index is 1.58. The van der Waals surface area contributed by atoms with Gasteiger partial charge in [0.1, 0.15) is 17.8 Å². The zero-order valence-electron chi connectivity index (χ0n) is 16.8. The van der Waals surface area contributed by atoms with Crippen molar-refractivity contribution < 1.29 is 17.7 Å². The predicted octanol–water partition coefficient (Wildman–Crippen LogP) is 1.61. The van der Waals surface area contributed by atoms with E-state index in [-0.39, 0.29) is 6.04 Å². The maximum Gasteiger partial charge on any atom is 0.335 e. The van der Waals surface area contributed by atoms with Gasteiger partial charge in [0, 0.05) is 25.8 Å². The third-order valence-corrected chi connectivity index (χ3v) is 6.56. The van der Waals surface area contributed by atoms with Crippen LogP contribution in [-0.2, 0) is 21.0 Å². The highest BCUT2D eigenvalue weighted by Gasteiger charge is 2.37.